The third-order valence-corrected chi connectivity index (χ3v) is 4.72. The van der Waals surface area contributed by atoms with Gasteiger partial charge < -0.3 is 15.3 Å². The molecule has 6 unspecified atom stereocenters. The molecule has 0 aromatic carbocycles. The number of hydrogen-bond donors (Lipinski definition) is 3. The fraction of sp³-hybridized carbons (Fsp3) is 0.850. The SMILES string of the molecule is CC.CCC(C(=O)O)C(C)N=[N+]=[N-].CCC(C(=O)O)C(C)N=[N+]=[N-].CCC(C(=O)O)C(C)N=[N+]=[N-]. The predicted octanol–water partition coefficient (Wildman–Crippen LogP) is 6.41. The number of hydrogen-bond acceptors (Lipinski definition) is 6. The highest BCUT2D eigenvalue weighted by atomic mass is 16.4. The lowest BCUT2D eigenvalue weighted by atomic mass is 10.00. The maximum atomic E-state index is 10.5. The Kier molecular flexibility index (Phi) is 27.5. The van der Waals surface area contributed by atoms with Gasteiger partial charge in [0.2, 0.25) is 0 Å². The first-order valence-corrected chi connectivity index (χ1v) is 11.2. The van der Waals surface area contributed by atoms with Crippen LogP contribution in [0.1, 0.15) is 74.7 Å². The van der Waals surface area contributed by atoms with Crippen LogP contribution in [0, 0.1) is 17.8 Å². The molecule has 0 aliphatic rings. The third kappa shape index (κ3) is 19.5. The van der Waals surface area contributed by atoms with Crippen LogP contribution in [0.5, 0.6) is 0 Å². The number of carboxylic acids is 3. The van der Waals surface area contributed by atoms with E-state index in [1.54, 1.807) is 41.5 Å². The molecule has 0 heterocycles. The van der Waals surface area contributed by atoms with Gasteiger partial charge in [-0.25, -0.2) is 0 Å². The summed E-state index contributed by atoms with van der Waals surface area (Å²) in [6, 6.07) is -1.41. The summed E-state index contributed by atoms with van der Waals surface area (Å²) in [6.45, 7) is 14.1. The van der Waals surface area contributed by atoms with Crippen molar-refractivity contribution in [1.82, 2.24) is 0 Å². The number of rotatable bonds is 12. The summed E-state index contributed by atoms with van der Waals surface area (Å²) < 4.78 is 0. The maximum absolute atomic E-state index is 10.5. The normalized spacial score (nSPS) is 14.1. The van der Waals surface area contributed by atoms with Crippen LogP contribution in [0.15, 0.2) is 15.3 Å². The summed E-state index contributed by atoms with van der Waals surface area (Å²) >= 11 is 0. The molecule has 0 saturated heterocycles. The lowest BCUT2D eigenvalue weighted by molar-refractivity contribution is -0.143. The molecule has 3 N–H and O–H groups in total. The number of azide groups is 3. The zero-order valence-corrected chi connectivity index (χ0v) is 21.7. The van der Waals surface area contributed by atoms with Crippen molar-refractivity contribution < 1.29 is 29.7 Å². The van der Waals surface area contributed by atoms with E-state index in [1.165, 1.54) is 0 Å². The first-order chi connectivity index (χ1) is 16.4. The Labute approximate surface area is 205 Å². The number of aliphatic carboxylic acids is 3. The summed E-state index contributed by atoms with van der Waals surface area (Å²) in [4.78, 5) is 39.0. The van der Waals surface area contributed by atoms with E-state index >= 15 is 0 Å². The average Bonchev–Trinajstić information content (AvgIpc) is 2.77. The van der Waals surface area contributed by atoms with Crippen molar-refractivity contribution in [1.29, 1.82) is 0 Å². The summed E-state index contributed by atoms with van der Waals surface area (Å²) in [5, 5.41) is 35.7. The Morgan fingerprint density at radius 2 is 0.771 bits per heavy atom. The van der Waals surface area contributed by atoms with Gasteiger partial charge in [0.05, 0.1) is 17.8 Å². The second-order valence-electron chi connectivity index (χ2n) is 6.90. The van der Waals surface area contributed by atoms with E-state index in [4.69, 9.17) is 31.9 Å². The molecule has 0 saturated carbocycles. The van der Waals surface area contributed by atoms with E-state index in [0.717, 1.165) is 0 Å². The lowest BCUT2D eigenvalue weighted by Gasteiger charge is -2.11. The Bertz CT molecular complexity index is 660. The molecule has 200 valence electrons. The smallest absolute Gasteiger partial charge is 0.306 e. The molecule has 0 spiro atoms. The first kappa shape index (κ1) is 38.6. The molecule has 0 aliphatic heterocycles. The van der Waals surface area contributed by atoms with Crippen molar-refractivity contribution in [3.05, 3.63) is 31.3 Å². The molecule has 0 aromatic rings. The van der Waals surface area contributed by atoms with Crippen LogP contribution >= 0.6 is 0 Å². The second kappa shape index (κ2) is 25.0. The quantitative estimate of drug-likeness (QED) is 0.154. The molecule has 35 heavy (non-hydrogen) atoms. The molecular weight excluding hydrogens is 462 g/mol. The monoisotopic (exact) mass is 501 g/mol. The van der Waals surface area contributed by atoms with Crippen molar-refractivity contribution in [2.24, 2.45) is 33.1 Å². The van der Waals surface area contributed by atoms with Crippen LogP contribution < -0.4 is 0 Å². The van der Waals surface area contributed by atoms with Crippen molar-refractivity contribution in [2.45, 2.75) is 92.8 Å². The standard InChI is InChI=1S/3C6H11N3O2.C2H6/c3*1-3-5(6(10)11)4(2)8-9-7;1-2/h3*4-5H,3H2,1-2H3,(H,10,11);1-2H3. The van der Waals surface area contributed by atoms with Crippen LogP contribution in [-0.4, -0.2) is 51.4 Å². The van der Waals surface area contributed by atoms with Gasteiger partial charge >= 0.3 is 17.9 Å². The van der Waals surface area contributed by atoms with Gasteiger partial charge in [-0.2, -0.15) is 0 Å². The highest BCUT2D eigenvalue weighted by molar-refractivity contribution is 5.71. The molecule has 6 atom stereocenters. The van der Waals surface area contributed by atoms with Crippen LogP contribution in [0.4, 0.5) is 0 Å². The predicted molar refractivity (Wildman–Crippen MR) is 131 cm³/mol. The van der Waals surface area contributed by atoms with Crippen molar-refractivity contribution in [3.63, 3.8) is 0 Å². The minimum absolute atomic E-state index is 0.470. The van der Waals surface area contributed by atoms with Gasteiger partial charge in [-0.1, -0.05) is 70.7 Å². The highest BCUT2D eigenvalue weighted by Crippen LogP contribution is 2.13. The van der Waals surface area contributed by atoms with E-state index in [1.807, 2.05) is 13.8 Å². The van der Waals surface area contributed by atoms with Gasteiger partial charge in [0.25, 0.3) is 0 Å². The fourth-order valence-electron chi connectivity index (χ4n) is 2.65. The summed E-state index contributed by atoms with van der Waals surface area (Å²) in [5.41, 5.74) is 24.1. The summed E-state index contributed by atoms with van der Waals surface area (Å²) in [7, 11) is 0. The maximum Gasteiger partial charge on any atom is 0.306 e. The van der Waals surface area contributed by atoms with Crippen LogP contribution in [-0.2, 0) is 14.4 Å². The van der Waals surface area contributed by atoms with Crippen LogP contribution in [0.25, 0.3) is 31.3 Å². The second-order valence-corrected chi connectivity index (χ2v) is 6.90. The van der Waals surface area contributed by atoms with Crippen LogP contribution in [0.2, 0.25) is 0 Å². The van der Waals surface area contributed by atoms with Gasteiger partial charge in [0.1, 0.15) is 0 Å². The molecule has 0 aliphatic carbocycles. The molecule has 0 radical (unpaired) electrons. The molecule has 0 bridgehead atoms. The number of carboxylic acid groups (broad SMARTS) is 3. The number of carbonyl (C=O) groups is 3. The van der Waals surface area contributed by atoms with Crippen molar-refractivity contribution in [2.75, 3.05) is 0 Å². The van der Waals surface area contributed by atoms with Gasteiger partial charge in [-0.15, -0.1) is 0 Å². The van der Waals surface area contributed by atoms with E-state index in [-0.39, 0.29) is 0 Å². The summed E-state index contributed by atoms with van der Waals surface area (Å²) in [5.74, 6) is -4.42. The zero-order chi connectivity index (χ0) is 28.6. The summed E-state index contributed by atoms with van der Waals surface area (Å²) in [6.07, 6.45) is 1.44. The van der Waals surface area contributed by atoms with E-state index < -0.39 is 53.8 Å². The van der Waals surface area contributed by atoms with E-state index in [0.29, 0.717) is 19.3 Å². The van der Waals surface area contributed by atoms with Gasteiger partial charge in [-0.3, -0.25) is 14.4 Å². The Hall–Kier alpha value is -3.66. The average molecular weight is 502 g/mol. The first-order valence-electron chi connectivity index (χ1n) is 11.2. The van der Waals surface area contributed by atoms with Crippen molar-refractivity contribution in [3.8, 4) is 0 Å². The largest absolute Gasteiger partial charge is 0.481 e. The minimum atomic E-state index is -0.910. The van der Waals surface area contributed by atoms with Gasteiger partial charge in [-0.05, 0) is 35.9 Å². The molecular formula is C20H39N9O6. The Morgan fingerprint density at radius 1 is 0.600 bits per heavy atom. The van der Waals surface area contributed by atoms with Gasteiger partial charge in [0.15, 0.2) is 0 Å². The molecule has 0 rings (SSSR count). The van der Waals surface area contributed by atoms with Crippen molar-refractivity contribution >= 4 is 17.9 Å². The molecule has 0 fully saturated rings. The molecule has 0 amide bonds. The Morgan fingerprint density at radius 3 is 0.857 bits per heavy atom. The van der Waals surface area contributed by atoms with E-state index in [9.17, 15) is 14.4 Å². The minimum Gasteiger partial charge on any atom is -0.481 e. The lowest BCUT2D eigenvalue weighted by Crippen LogP contribution is -2.23. The third-order valence-electron chi connectivity index (χ3n) is 4.72. The van der Waals surface area contributed by atoms with E-state index in [2.05, 4.69) is 30.1 Å². The topological polar surface area (TPSA) is 258 Å². The fourth-order valence-corrected chi connectivity index (χ4v) is 2.65. The zero-order valence-electron chi connectivity index (χ0n) is 21.7. The Balaban J connectivity index is -0.000000198. The number of nitrogens with zero attached hydrogens (tertiary/aromatic N) is 9. The molecule has 15 heteroatoms. The van der Waals surface area contributed by atoms with Crippen LogP contribution in [0.3, 0.4) is 0 Å². The van der Waals surface area contributed by atoms with Gasteiger partial charge in [0, 0.05) is 32.9 Å². The molecule has 15 nitrogen and oxygen atoms in total. The highest BCUT2D eigenvalue weighted by Gasteiger charge is 2.22. The molecule has 0 aromatic heterocycles.